The van der Waals surface area contributed by atoms with E-state index in [-0.39, 0.29) is 18.0 Å². The SMILES string of the molecule is CC(C)C(CC(=O)O)NC(=O)Nc1ccccc1F. The fraction of sp³-hybridized carbons (Fsp3) is 0.385. The molecule has 1 atom stereocenters. The first-order chi connectivity index (χ1) is 8.90. The van der Waals surface area contributed by atoms with Crippen molar-refractivity contribution in [2.45, 2.75) is 26.3 Å². The Morgan fingerprint density at radius 2 is 1.95 bits per heavy atom. The Kier molecular flexibility index (Phi) is 5.29. The van der Waals surface area contributed by atoms with Gasteiger partial charge >= 0.3 is 12.0 Å². The van der Waals surface area contributed by atoms with E-state index in [0.717, 1.165) is 0 Å². The Morgan fingerprint density at radius 3 is 2.47 bits per heavy atom. The highest BCUT2D eigenvalue weighted by Crippen LogP contribution is 2.13. The number of carboxylic acids is 1. The minimum Gasteiger partial charge on any atom is -0.481 e. The first-order valence-corrected chi connectivity index (χ1v) is 5.94. The van der Waals surface area contributed by atoms with E-state index in [1.54, 1.807) is 19.9 Å². The molecule has 2 amide bonds. The molecule has 1 unspecified atom stereocenters. The second kappa shape index (κ2) is 6.72. The molecule has 0 bridgehead atoms. The number of carbonyl (C=O) groups excluding carboxylic acids is 1. The van der Waals surface area contributed by atoms with Gasteiger partial charge in [0.05, 0.1) is 12.1 Å². The summed E-state index contributed by atoms with van der Waals surface area (Å²) < 4.78 is 13.3. The van der Waals surface area contributed by atoms with E-state index < -0.39 is 23.9 Å². The summed E-state index contributed by atoms with van der Waals surface area (Å²) >= 11 is 0. The van der Waals surface area contributed by atoms with E-state index in [0.29, 0.717) is 0 Å². The quantitative estimate of drug-likeness (QED) is 0.767. The highest BCUT2D eigenvalue weighted by atomic mass is 19.1. The summed E-state index contributed by atoms with van der Waals surface area (Å²) in [5, 5.41) is 13.6. The molecule has 3 N–H and O–H groups in total. The van der Waals surface area contributed by atoms with Crippen molar-refractivity contribution in [1.29, 1.82) is 0 Å². The van der Waals surface area contributed by atoms with Gasteiger partial charge in [-0.1, -0.05) is 26.0 Å². The van der Waals surface area contributed by atoms with Gasteiger partial charge in [-0.05, 0) is 18.1 Å². The number of hydrogen-bond donors (Lipinski definition) is 3. The Morgan fingerprint density at radius 1 is 1.32 bits per heavy atom. The maximum Gasteiger partial charge on any atom is 0.319 e. The van der Waals surface area contributed by atoms with Crippen LogP contribution in [0.25, 0.3) is 0 Å². The number of para-hydroxylation sites is 1. The van der Waals surface area contributed by atoms with Gasteiger partial charge in [0.2, 0.25) is 0 Å². The lowest BCUT2D eigenvalue weighted by Gasteiger charge is -2.20. The monoisotopic (exact) mass is 268 g/mol. The smallest absolute Gasteiger partial charge is 0.319 e. The molecule has 104 valence electrons. The van der Waals surface area contributed by atoms with E-state index in [9.17, 15) is 14.0 Å². The van der Waals surface area contributed by atoms with Gasteiger partial charge in [0.25, 0.3) is 0 Å². The number of carboxylic acid groups (broad SMARTS) is 1. The maximum atomic E-state index is 13.3. The molecular weight excluding hydrogens is 251 g/mol. The Bertz CT molecular complexity index is 463. The summed E-state index contributed by atoms with van der Waals surface area (Å²) in [5.41, 5.74) is 0.0535. The van der Waals surface area contributed by atoms with Crippen LogP contribution in [0.2, 0.25) is 0 Å². The van der Waals surface area contributed by atoms with Crippen molar-refractivity contribution in [3.63, 3.8) is 0 Å². The second-order valence-corrected chi connectivity index (χ2v) is 4.53. The average molecular weight is 268 g/mol. The van der Waals surface area contributed by atoms with E-state index in [1.807, 2.05) is 0 Å². The predicted molar refractivity (Wildman–Crippen MR) is 69.4 cm³/mol. The fourth-order valence-corrected chi connectivity index (χ4v) is 1.53. The van der Waals surface area contributed by atoms with E-state index in [4.69, 9.17) is 5.11 Å². The van der Waals surface area contributed by atoms with Crippen molar-refractivity contribution in [2.75, 3.05) is 5.32 Å². The van der Waals surface area contributed by atoms with Gasteiger partial charge in [-0.2, -0.15) is 0 Å². The zero-order chi connectivity index (χ0) is 14.4. The highest BCUT2D eigenvalue weighted by Gasteiger charge is 2.19. The molecule has 6 heteroatoms. The van der Waals surface area contributed by atoms with Crippen molar-refractivity contribution in [3.05, 3.63) is 30.1 Å². The molecule has 19 heavy (non-hydrogen) atoms. The van der Waals surface area contributed by atoms with Gasteiger partial charge in [-0.15, -0.1) is 0 Å². The normalized spacial score (nSPS) is 12.0. The average Bonchev–Trinajstić information content (AvgIpc) is 2.30. The second-order valence-electron chi connectivity index (χ2n) is 4.53. The van der Waals surface area contributed by atoms with Crippen LogP contribution in [0.3, 0.4) is 0 Å². The van der Waals surface area contributed by atoms with Crippen LogP contribution in [-0.4, -0.2) is 23.1 Å². The molecule has 0 saturated heterocycles. The molecule has 0 saturated carbocycles. The van der Waals surface area contributed by atoms with Crippen LogP contribution in [0.4, 0.5) is 14.9 Å². The van der Waals surface area contributed by atoms with Crippen LogP contribution in [0.5, 0.6) is 0 Å². The minimum absolute atomic E-state index is 0.0394. The van der Waals surface area contributed by atoms with Crippen LogP contribution in [0.1, 0.15) is 20.3 Å². The summed E-state index contributed by atoms with van der Waals surface area (Å²) in [7, 11) is 0. The molecule has 5 nitrogen and oxygen atoms in total. The number of carbonyl (C=O) groups is 2. The van der Waals surface area contributed by atoms with Crippen molar-refractivity contribution in [1.82, 2.24) is 5.32 Å². The zero-order valence-corrected chi connectivity index (χ0v) is 10.8. The van der Waals surface area contributed by atoms with Gasteiger partial charge in [0.1, 0.15) is 5.82 Å². The van der Waals surface area contributed by atoms with E-state index >= 15 is 0 Å². The third-order valence-corrected chi connectivity index (χ3v) is 2.64. The number of nitrogens with one attached hydrogen (secondary N) is 2. The molecule has 0 spiro atoms. The fourth-order valence-electron chi connectivity index (χ4n) is 1.53. The predicted octanol–water partition coefficient (Wildman–Crippen LogP) is 2.45. The van der Waals surface area contributed by atoms with Crippen LogP contribution in [-0.2, 0) is 4.79 Å². The number of halogens is 1. The summed E-state index contributed by atoms with van der Waals surface area (Å²) in [6, 6.07) is 4.63. The molecule has 0 aliphatic heterocycles. The first-order valence-electron chi connectivity index (χ1n) is 5.94. The molecule has 0 aromatic heterocycles. The van der Waals surface area contributed by atoms with Crippen molar-refractivity contribution in [2.24, 2.45) is 5.92 Å². The van der Waals surface area contributed by atoms with Crippen molar-refractivity contribution >= 4 is 17.7 Å². The zero-order valence-electron chi connectivity index (χ0n) is 10.8. The molecular formula is C13H17FN2O3. The summed E-state index contributed by atoms with van der Waals surface area (Å²) in [6.45, 7) is 3.61. The first kappa shape index (κ1) is 14.9. The molecule has 1 rings (SSSR count). The van der Waals surface area contributed by atoms with Crippen molar-refractivity contribution in [3.8, 4) is 0 Å². The lowest BCUT2D eigenvalue weighted by Crippen LogP contribution is -2.42. The molecule has 0 fully saturated rings. The van der Waals surface area contributed by atoms with Gasteiger partial charge in [-0.25, -0.2) is 9.18 Å². The molecule has 1 aromatic rings. The Hall–Kier alpha value is -2.11. The molecule has 0 radical (unpaired) electrons. The van der Waals surface area contributed by atoms with Gasteiger partial charge < -0.3 is 15.7 Å². The van der Waals surface area contributed by atoms with Crippen molar-refractivity contribution < 1.29 is 19.1 Å². The lowest BCUT2D eigenvalue weighted by molar-refractivity contribution is -0.137. The number of hydrogen-bond acceptors (Lipinski definition) is 2. The maximum absolute atomic E-state index is 13.3. The van der Waals surface area contributed by atoms with Gasteiger partial charge in [0, 0.05) is 6.04 Å². The number of urea groups is 1. The topological polar surface area (TPSA) is 78.4 Å². The lowest BCUT2D eigenvalue weighted by atomic mass is 10.0. The third-order valence-electron chi connectivity index (χ3n) is 2.64. The van der Waals surface area contributed by atoms with Crippen LogP contribution < -0.4 is 10.6 Å². The van der Waals surface area contributed by atoms with Crippen LogP contribution in [0.15, 0.2) is 24.3 Å². The summed E-state index contributed by atoms with van der Waals surface area (Å²) in [5.74, 6) is -1.58. The minimum atomic E-state index is -0.995. The Balaban J connectivity index is 2.63. The number of benzene rings is 1. The summed E-state index contributed by atoms with van der Waals surface area (Å²) in [4.78, 5) is 22.4. The Labute approximate surface area is 110 Å². The number of rotatable bonds is 5. The molecule has 0 aliphatic carbocycles. The molecule has 0 heterocycles. The standard InChI is InChI=1S/C13H17FN2O3/c1-8(2)11(7-12(17)18)16-13(19)15-10-6-4-3-5-9(10)14/h3-6,8,11H,7H2,1-2H3,(H,17,18)(H2,15,16,19). The number of anilines is 1. The van der Waals surface area contributed by atoms with Gasteiger partial charge in [-0.3, -0.25) is 4.79 Å². The molecule has 0 aliphatic rings. The number of amides is 2. The molecule has 1 aromatic carbocycles. The summed E-state index contributed by atoms with van der Waals surface area (Å²) in [6.07, 6.45) is -0.178. The van der Waals surface area contributed by atoms with Crippen LogP contribution in [0, 0.1) is 11.7 Å². The van der Waals surface area contributed by atoms with Gasteiger partial charge in [0.15, 0.2) is 0 Å². The van der Waals surface area contributed by atoms with E-state index in [2.05, 4.69) is 10.6 Å². The largest absolute Gasteiger partial charge is 0.481 e. The number of aliphatic carboxylic acids is 1. The highest BCUT2D eigenvalue weighted by molar-refractivity contribution is 5.89. The van der Waals surface area contributed by atoms with Crippen LogP contribution >= 0.6 is 0 Å². The van der Waals surface area contributed by atoms with E-state index in [1.165, 1.54) is 18.2 Å². The third kappa shape index (κ3) is 4.95.